The number of hydrogen-bond donors (Lipinski definition) is 3. The molecule has 29 heavy (non-hydrogen) atoms. The molecule has 0 aliphatic heterocycles. The van der Waals surface area contributed by atoms with Crippen molar-refractivity contribution in [2.24, 2.45) is 4.99 Å². The third-order valence-corrected chi connectivity index (χ3v) is 5.12. The molecule has 0 fully saturated rings. The van der Waals surface area contributed by atoms with Gasteiger partial charge in [-0.3, -0.25) is 5.32 Å². The predicted octanol–water partition coefficient (Wildman–Crippen LogP) is 4.73. The van der Waals surface area contributed by atoms with Crippen LogP contribution in [0.4, 0.5) is 11.6 Å². The highest BCUT2D eigenvalue weighted by atomic mass is 32.1. The molecule has 1 aromatic carbocycles. The second kappa shape index (κ2) is 9.58. The molecule has 0 saturated heterocycles. The molecule has 2 aromatic heterocycles. The van der Waals surface area contributed by atoms with Crippen LogP contribution in [0.25, 0.3) is 0 Å². The number of thiocarbonyl (C=S) groups is 1. The summed E-state index contributed by atoms with van der Waals surface area (Å²) in [6, 6.07) is 12.2. The normalized spacial score (nSPS) is 11.2. The average molecular weight is 425 g/mol. The van der Waals surface area contributed by atoms with E-state index in [4.69, 9.17) is 12.2 Å². The number of rotatable bonds is 4. The van der Waals surface area contributed by atoms with E-state index in [1.807, 2.05) is 51.3 Å². The fraction of sp³-hybridized carbons (Fsp3) is 0.238. The molecule has 0 radical (unpaired) electrons. The number of benzene rings is 1. The molecule has 0 saturated carbocycles. The first-order valence-electron chi connectivity index (χ1n) is 9.20. The molecule has 0 bridgehead atoms. The van der Waals surface area contributed by atoms with Crippen molar-refractivity contribution in [1.29, 1.82) is 0 Å². The van der Waals surface area contributed by atoms with Gasteiger partial charge in [-0.1, -0.05) is 18.2 Å². The van der Waals surface area contributed by atoms with Gasteiger partial charge in [0.1, 0.15) is 0 Å². The van der Waals surface area contributed by atoms with Crippen molar-refractivity contribution < 1.29 is 0 Å². The molecule has 3 aromatic rings. The molecule has 0 unspecified atom stereocenters. The molecule has 6 nitrogen and oxygen atoms in total. The van der Waals surface area contributed by atoms with Crippen LogP contribution in [0.5, 0.6) is 0 Å². The van der Waals surface area contributed by atoms with E-state index in [0.717, 1.165) is 33.1 Å². The van der Waals surface area contributed by atoms with Crippen molar-refractivity contribution in [2.45, 2.75) is 34.2 Å². The van der Waals surface area contributed by atoms with E-state index < -0.39 is 0 Å². The lowest BCUT2D eigenvalue weighted by Gasteiger charge is -2.15. The van der Waals surface area contributed by atoms with Gasteiger partial charge in [-0.25, -0.2) is 15.0 Å². The average Bonchev–Trinajstić information content (AvgIpc) is 3.15. The summed E-state index contributed by atoms with van der Waals surface area (Å²) in [7, 11) is 0. The number of thiophene rings is 1. The zero-order valence-corrected chi connectivity index (χ0v) is 18.5. The van der Waals surface area contributed by atoms with Crippen LogP contribution in [0.2, 0.25) is 0 Å². The van der Waals surface area contributed by atoms with Crippen LogP contribution < -0.4 is 16.0 Å². The molecule has 0 amide bonds. The van der Waals surface area contributed by atoms with Crippen LogP contribution in [0, 0.1) is 27.7 Å². The lowest BCUT2D eigenvalue weighted by atomic mass is 10.1. The maximum Gasteiger partial charge on any atom is 0.229 e. The Balaban J connectivity index is 1.77. The summed E-state index contributed by atoms with van der Waals surface area (Å²) < 4.78 is 0. The van der Waals surface area contributed by atoms with Crippen molar-refractivity contribution in [3.8, 4) is 0 Å². The molecule has 0 aliphatic carbocycles. The van der Waals surface area contributed by atoms with E-state index in [2.05, 4.69) is 49.1 Å². The summed E-state index contributed by atoms with van der Waals surface area (Å²) in [6.45, 7) is 8.49. The molecular formula is C21H24N6S2. The highest BCUT2D eigenvalue weighted by molar-refractivity contribution is 7.80. The summed E-state index contributed by atoms with van der Waals surface area (Å²) in [5.74, 6) is 0.973. The lowest BCUT2D eigenvalue weighted by molar-refractivity contribution is 1.04. The summed E-state index contributed by atoms with van der Waals surface area (Å²) >= 11 is 7.17. The van der Waals surface area contributed by atoms with Gasteiger partial charge in [0.05, 0.1) is 6.54 Å². The summed E-state index contributed by atoms with van der Waals surface area (Å²) in [4.78, 5) is 14.7. The highest BCUT2D eigenvalue weighted by Crippen LogP contribution is 2.16. The van der Waals surface area contributed by atoms with E-state index in [0.29, 0.717) is 23.6 Å². The molecule has 3 N–H and O–H groups in total. The number of nitrogens with one attached hydrogen (secondary N) is 3. The van der Waals surface area contributed by atoms with Gasteiger partial charge >= 0.3 is 0 Å². The van der Waals surface area contributed by atoms with Crippen LogP contribution in [0.15, 0.2) is 46.8 Å². The second-order valence-corrected chi connectivity index (χ2v) is 8.18. The second-order valence-electron chi connectivity index (χ2n) is 6.74. The van der Waals surface area contributed by atoms with Gasteiger partial charge in [0.15, 0.2) is 5.11 Å². The molecule has 3 rings (SSSR count). The van der Waals surface area contributed by atoms with E-state index in [-0.39, 0.29) is 0 Å². The van der Waals surface area contributed by atoms with Crippen molar-refractivity contribution in [3.63, 3.8) is 0 Å². The molecule has 0 aliphatic rings. The molecule has 2 heterocycles. The Morgan fingerprint density at radius 3 is 2.48 bits per heavy atom. The standard InChI is InChI=1S/C21H24N6S2/c1-13-7-8-14(2)18(10-13)25-21(28)27-19(22-12-17-6-5-9-29-17)26-20-23-15(3)11-16(4)24-20/h5-11H,12H2,1-4H3,(H3,22,23,24,25,26,27,28). The van der Waals surface area contributed by atoms with E-state index >= 15 is 0 Å². The Morgan fingerprint density at radius 1 is 1.03 bits per heavy atom. The maximum absolute atomic E-state index is 5.52. The lowest BCUT2D eigenvalue weighted by Crippen LogP contribution is -2.39. The van der Waals surface area contributed by atoms with Crippen molar-refractivity contribution in [1.82, 2.24) is 15.3 Å². The number of aliphatic imine (C=N–C) groups is 1. The fourth-order valence-corrected chi connectivity index (χ4v) is 3.52. The summed E-state index contributed by atoms with van der Waals surface area (Å²) in [5, 5.41) is 12.0. The van der Waals surface area contributed by atoms with Gasteiger partial charge in [0.25, 0.3) is 0 Å². The Labute approximate surface area is 180 Å². The molecule has 0 atom stereocenters. The topological polar surface area (TPSA) is 74.2 Å². The molecule has 150 valence electrons. The minimum atomic E-state index is 0.445. The quantitative estimate of drug-likeness (QED) is 0.319. The largest absolute Gasteiger partial charge is 0.332 e. The van der Waals surface area contributed by atoms with Crippen LogP contribution in [0.3, 0.4) is 0 Å². The summed E-state index contributed by atoms with van der Waals surface area (Å²) in [6.07, 6.45) is 0. The number of anilines is 2. The zero-order valence-electron chi connectivity index (χ0n) is 16.9. The maximum atomic E-state index is 5.52. The third-order valence-electron chi connectivity index (χ3n) is 4.06. The fourth-order valence-electron chi connectivity index (χ4n) is 2.69. The van der Waals surface area contributed by atoms with Crippen molar-refractivity contribution >= 4 is 46.3 Å². The van der Waals surface area contributed by atoms with Crippen LogP contribution in [-0.4, -0.2) is 21.0 Å². The van der Waals surface area contributed by atoms with Gasteiger partial charge in [-0.05, 0) is 74.6 Å². The van der Waals surface area contributed by atoms with E-state index in [1.54, 1.807) is 11.3 Å². The van der Waals surface area contributed by atoms with E-state index in [1.165, 1.54) is 0 Å². The van der Waals surface area contributed by atoms with Gasteiger partial charge in [-0.2, -0.15) is 0 Å². The van der Waals surface area contributed by atoms with Crippen molar-refractivity contribution in [2.75, 3.05) is 10.6 Å². The van der Waals surface area contributed by atoms with Gasteiger partial charge in [-0.15, -0.1) is 11.3 Å². The Bertz CT molecular complexity index is 1010. The number of hydrogen-bond acceptors (Lipinski definition) is 5. The van der Waals surface area contributed by atoms with E-state index in [9.17, 15) is 0 Å². The first-order chi connectivity index (χ1) is 13.9. The van der Waals surface area contributed by atoms with Crippen molar-refractivity contribution in [3.05, 3.63) is 69.2 Å². The summed E-state index contributed by atoms with van der Waals surface area (Å²) in [5.41, 5.74) is 5.00. The Morgan fingerprint density at radius 2 is 1.79 bits per heavy atom. The Hall–Kier alpha value is -2.84. The first-order valence-corrected chi connectivity index (χ1v) is 10.5. The molecule has 8 heteroatoms. The smallest absolute Gasteiger partial charge is 0.229 e. The number of nitrogens with zero attached hydrogens (tertiary/aromatic N) is 3. The first kappa shape index (κ1) is 20.9. The predicted molar refractivity (Wildman–Crippen MR) is 126 cm³/mol. The Kier molecular flexibility index (Phi) is 6.90. The van der Waals surface area contributed by atoms with Crippen LogP contribution in [-0.2, 0) is 6.54 Å². The SMILES string of the molecule is Cc1ccc(C)c(NC(=S)NC(=NCc2cccs2)Nc2nc(C)cc(C)n2)c1. The van der Waals surface area contributed by atoms with Crippen LogP contribution in [0.1, 0.15) is 27.4 Å². The number of guanidine groups is 1. The molecular weight excluding hydrogens is 400 g/mol. The zero-order chi connectivity index (χ0) is 20.8. The molecule has 0 spiro atoms. The monoisotopic (exact) mass is 424 g/mol. The minimum Gasteiger partial charge on any atom is -0.332 e. The number of aryl methyl sites for hydroxylation is 4. The van der Waals surface area contributed by atoms with Gasteiger partial charge in [0.2, 0.25) is 11.9 Å². The van der Waals surface area contributed by atoms with Crippen LogP contribution >= 0.6 is 23.6 Å². The third kappa shape index (κ3) is 6.33. The number of aromatic nitrogens is 2. The highest BCUT2D eigenvalue weighted by Gasteiger charge is 2.08. The van der Waals surface area contributed by atoms with Gasteiger partial charge in [0, 0.05) is 22.0 Å². The minimum absolute atomic E-state index is 0.445. The van der Waals surface area contributed by atoms with Gasteiger partial charge < -0.3 is 10.6 Å².